The van der Waals surface area contributed by atoms with E-state index in [2.05, 4.69) is 15.7 Å². The molecule has 6 nitrogen and oxygen atoms in total. The molecule has 1 aromatic heterocycles. The van der Waals surface area contributed by atoms with Crippen molar-refractivity contribution in [3.63, 3.8) is 0 Å². The van der Waals surface area contributed by atoms with E-state index in [1.807, 2.05) is 11.7 Å². The summed E-state index contributed by atoms with van der Waals surface area (Å²) in [5.74, 6) is 1.05. The van der Waals surface area contributed by atoms with Crippen LogP contribution in [0.15, 0.2) is 6.20 Å². The fraction of sp³-hybridized carbons (Fsp3) is 0.600. The van der Waals surface area contributed by atoms with E-state index in [0.29, 0.717) is 13.2 Å². The second-order valence-electron chi connectivity index (χ2n) is 3.91. The quantitative estimate of drug-likeness (QED) is 0.762. The van der Waals surface area contributed by atoms with Gasteiger partial charge in [-0.05, 0) is 0 Å². The molecule has 0 radical (unpaired) electrons. The highest BCUT2D eigenvalue weighted by molar-refractivity contribution is 5.72. The Bertz CT molecular complexity index is 388. The maximum atomic E-state index is 10.8. The van der Waals surface area contributed by atoms with Gasteiger partial charge in [0.15, 0.2) is 0 Å². The van der Waals surface area contributed by atoms with Gasteiger partial charge in [0.05, 0.1) is 19.3 Å². The largest absolute Gasteiger partial charge is 0.476 e. The summed E-state index contributed by atoms with van der Waals surface area (Å²) in [7, 11) is 1.84. The van der Waals surface area contributed by atoms with Gasteiger partial charge in [0.1, 0.15) is 5.69 Å². The van der Waals surface area contributed by atoms with E-state index in [-0.39, 0.29) is 11.8 Å². The van der Waals surface area contributed by atoms with Gasteiger partial charge in [0.2, 0.25) is 11.8 Å². The molecule has 6 heteroatoms. The normalized spacial score (nSPS) is 18.5. The van der Waals surface area contributed by atoms with Crippen molar-refractivity contribution in [3.05, 3.63) is 6.20 Å². The maximum Gasteiger partial charge on any atom is 0.235 e. The number of amides is 1. The van der Waals surface area contributed by atoms with E-state index in [0.717, 1.165) is 18.1 Å². The smallest absolute Gasteiger partial charge is 0.235 e. The first-order valence-electron chi connectivity index (χ1n) is 5.31. The van der Waals surface area contributed by atoms with Crippen molar-refractivity contribution >= 4 is 11.6 Å². The third-order valence-corrected chi connectivity index (χ3v) is 2.59. The maximum absolute atomic E-state index is 10.8. The summed E-state index contributed by atoms with van der Waals surface area (Å²) in [6, 6.07) is 0. The lowest BCUT2D eigenvalue weighted by Gasteiger charge is -2.24. The summed E-state index contributed by atoms with van der Waals surface area (Å²) in [4.78, 5) is 10.8. The van der Waals surface area contributed by atoms with Crippen molar-refractivity contribution in [3.8, 4) is 5.88 Å². The molecule has 1 unspecified atom stereocenters. The molecule has 0 fully saturated rings. The number of carbonyl (C=O) groups is 1. The number of hydrogen-bond donors (Lipinski definition) is 2. The molecule has 0 aliphatic carbocycles. The minimum Gasteiger partial charge on any atom is -0.476 e. The third kappa shape index (κ3) is 2.10. The zero-order valence-corrected chi connectivity index (χ0v) is 9.49. The van der Waals surface area contributed by atoms with Crippen LogP contribution in [0.4, 0.5) is 5.69 Å². The molecule has 1 aromatic rings. The van der Waals surface area contributed by atoms with E-state index in [1.165, 1.54) is 6.92 Å². The van der Waals surface area contributed by atoms with Crippen molar-refractivity contribution in [1.29, 1.82) is 0 Å². The average Bonchev–Trinajstić information content (AvgIpc) is 2.68. The fourth-order valence-electron chi connectivity index (χ4n) is 1.73. The van der Waals surface area contributed by atoms with Gasteiger partial charge in [0, 0.05) is 26.4 Å². The van der Waals surface area contributed by atoms with Crippen LogP contribution in [0.1, 0.15) is 6.92 Å². The molecule has 1 aliphatic rings. The Morgan fingerprint density at radius 1 is 1.75 bits per heavy atom. The second kappa shape index (κ2) is 4.42. The highest BCUT2D eigenvalue weighted by Crippen LogP contribution is 2.28. The predicted molar refractivity (Wildman–Crippen MR) is 59.4 cm³/mol. The van der Waals surface area contributed by atoms with Crippen molar-refractivity contribution < 1.29 is 9.53 Å². The van der Waals surface area contributed by atoms with Crippen LogP contribution in [0.25, 0.3) is 0 Å². The van der Waals surface area contributed by atoms with Gasteiger partial charge in [-0.3, -0.25) is 4.79 Å². The number of ether oxygens (including phenoxy) is 1. The number of rotatable bonds is 3. The van der Waals surface area contributed by atoms with Crippen LogP contribution in [0.3, 0.4) is 0 Å². The molecule has 1 aliphatic heterocycles. The van der Waals surface area contributed by atoms with Crippen molar-refractivity contribution in [1.82, 2.24) is 15.1 Å². The van der Waals surface area contributed by atoms with Crippen LogP contribution >= 0.6 is 0 Å². The molecule has 2 heterocycles. The van der Waals surface area contributed by atoms with Gasteiger partial charge >= 0.3 is 0 Å². The molecule has 16 heavy (non-hydrogen) atoms. The van der Waals surface area contributed by atoms with Crippen LogP contribution < -0.4 is 15.4 Å². The monoisotopic (exact) mass is 224 g/mol. The number of fused-ring (bicyclic) bond motifs is 1. The number of nitrogens with zero attached hydrogens (tertiary/aromatic N) is 2. The van der Waals surface area contributed by atoms with Crippen molar-refractivity contribution in [2.45, 2.75) is 13.5 Å². The Hall–Kier alpha value is -1.72. The van der Waals surface area contributed by atoms with Gasteiger partial charge in [0.25, 0.3) is 0 Å². The summed E-state index contributed by atoms with van der Waals surface area (Å²) >= 11 is 0. The molecule has 2 rings (SSSR count). The first kappa shape index (κ1) is 10.8. The Morgan fingerprint density at radius 2 is 2.56 bits per heavy atom. The minimum atomic E-state index is -0.0119. The van der Waals surface area contributed by atoms with Crippen LogP contribution in [-0.4, -0.2) is 35.9 Å². The SMILES string of the molecule is CNc1cnn2c1OCC(CNC(C)=O)C2. The molecule has 2 N–H and O–H groups in total. The number of carbonyl (C=O) groups excluding carboxylic acids is 1. The van der Waals surface area contributed by atoms with E-state index in [9.17, 15) is 4.79 Å². The van der Waals surface area contributed by atoms with Gasteiger partial charge in [-0.15, -0.1) is 0 Å². The lowest BCUT2D eigenvalue weighted by atomic mass is 10.1. The van der Waals surface area contributed by atoms with Crippen LogP contribution in [0.2, 0.25) is 0 Å². The molecule has 0 saturated carbocycles. The number of hydrogen-bond acceptors (Lipinski definition) is 4. The minimum absolute atomic E-state index is 0.0119. The summed E-state index contributed by atoms with van der Waals surface area (Å²) in [6.45, 7) is 3.53. The van der Waals surface area contributed by atoms with Gasteiger partial charge in [-0.1, -0.05) is 0 Å². The van der Waals surface area contributed by atoms with Gasteiger partial charge in [-0.25, -0.2) is 4.68 Å². The Morgan fingerprint density at radius 3 is 3.25 bits per heavy atom. The van der Waals surface area contributed by atoms with Crippen LogP contribution in [0, 0.1) is 5.92 Å². The lowest BCUT2D eigenvalue weighted by Crippen LogP contribution is -2.35. The van der Waals surface area contributed by atoms with E-state index >= 15 is 0 Å². The number of anilines is 1. The van der Waals surface area contributed by atoms with Crippen molar-refractivity contribution in [2.24, 2.45) is 5.92 Å². The second-order valence-corrected chi connectivity index (χ2v) is 3.91. The first-order valence-corrected chi connectivity index (χ1v) is 5.31. The molecule has 0 bridgehead atoms. The molecule has 0 spiro atoms. The zero-order chi connectivity index (χ0) is 11.5. The van der Waals surface area contributed by atoms with Crippen molar-refractivity contribution in [2.75, 3.05) is 25.5 Å². The first-order chi connectivity index (χ1) is 7.70. The molecular formula is C10H16N4O2. The highest BCUT2D eigenvalue weighted by atomic mass is 16.5. The summed E-state index contributed by atoms with van der Waals surface area (Å²) in [6.07, 6.45) is 1.75. The number of aromatic nitrogens is 2. The molecule has 0 aromatic carbocycles. The van der Waals surface area contributed by atoms with Gasteiger partial charge in [-0.2, -0.15) is 5.10 Å². The molecule has 88 valence electrons. The standard InChI is InChI=1S/C10H16N4O2/c1-7(15)12-3-8-5-14-10(16-6-8)9(11-2)4-13-14/h4,8,11H,3,5-6H2,1-2H3,(H,12,15). The predicted octanol–water partition coefficient (Wildman–Crippen LogP) is 0.0695. The van der Waals surface area contributed by atoms with E-state index in [4.69, 9.17) is 4.74 Å². The van der Waals surface area contributed by atoms with Crippen LogP contribution in [-0.2, 0) is 11.3 Å². The molecular weight excluding hydrogens is 208 g/mol. The van der Waals surface area contributed by atoms with E-state index < -0.39 is 0 Å². The molecule has 1 amide bonds. The Kier molecular flexibility index (Phi) is 2.98. The summed E-state index contributed by atoms with van der Waals surface area (Å²) in [5, 5.41) is 10.0. The molecule has 1 atom stereocenters. The topological polar surface area (TPSA) is 68.2 Å². The van der Waals surface area contributed by atoms with Crippen LogP contribution in [0.5, 0.6) is 5.88 Å². The summed E-state index contributed by atoms with van der Waals surface area (Å²) < 4.78 is 7.44. The molecule has 0 saturated heterocycles. The Balaban J connectivity index is 1.98. The lowest BCUT2D eigenvalue weighted by molar-refractivity contribution is -0.119. The Labute approximate surface area is 94.0 Å². The number of nitrogens with one attached hydrogen (secondary N) is 2. The average molecular weight is 224 g/mol. The van der Waals surface area contributed by atoms with E-state index in [1.54, 1.807) is 6.20 Å². The fourth-order valence-corrected chi connectivity index (χ4v) is 1.73. The highest BCUT2D eigenvalue weighted by Gasteiger charge is 2.22. The van der Waals surface area contributed by atoms with Gasteiger partial charge < -0.3 is 15.4 Å². The third-order valence-electron chi connectivity index (χ3n) is 2.59. The summed E-state index contributed by atoms with van der Waals surface area (Å²) in [5.41, 5.74) is 0.901. The zero-order valence-electron chi connectivity index (χ0n) is 9.49.